The minimum absolute atomic E-state index is 0.0166. The van der Waals surface area contributed by atoms with E-state index in [0.29, 0.717) is 22.6 Å². The molecular weight excluding hydrogens is 423 g/mol. The van der Waals surface area contributed by atoms with Gasteiger partial charge in [-0.3, -0.25) is 4.79 Å². The van der Waals surface area contributed by atoms with Crippen molar-refractivity contribution >= 4 is 17.5 Å². The molecule has 0 aromatic heterocycles. The largest absolute Gasteiger partial charge is 0.497 e. The highest BCUT2D eigenvalue weighted by Gasteiger charge is 2.36. The summed E-state index contributed by atoms with van der Waals surface area (Å²) in [7, 11) is 1.55. The van der Waals surface area contributed by atoms with E-state index in [1.807, 2.05) is 0 Å². The highest BCUT2D eigenvalue weighted by molar-refractivity contribution is 6.31. The van der Waals surface area contributed by atoms with Gasteiger partial charge in [-0.25, -0.2) is 4.39 Å². The molecular formula is C21H21ClF3NO4. The number of halogens is 4. The van der Waals surface area contributed by atoms with E-state index in [1.54, 1.807) is 38.3 Å². The zero-order valence-electron chi connectivity index (χ0n) is 16.4. The molecule has 2 aromatic rings. The van der Waals surface area contributed by atoms with Gasteiger partial charge < -0.3 is 19.1 Å². The fourth-order valence-corrected chi connectivity index (χ4v) is 3.72. The van der Waals surface area contributed by atoms with Gasteiger partial charge in [0.1, 0.15) is 23.9 Å². The number of carbonyl (C=O) groups excluding carboxylic acids is 1. The first-order chi connectivity index (χ1) is 14.3. The molecule has 3 rings (SSSR count). The minimum Gasteiger partial charge on any atom is -0.497 e. The molecule has 0 spiro atoms. The van der Waals surface area contributed by atoms with Crippen LogP contribution in [0, 0.1) is 5.82 Å². The summed E-state index contributed by atoms with van der Waals surface area (Å²) in [5, 5.41) is 0.150. The van der Waals surface area contributed by atoms with Crippen molar-refractivity contribution in [1.29, 1.82) is 0 Å². The first-order valence-corrected chi connectivity index (χ1v) is 9.64. The number of carbonyl (C=O) groups is 1. The van der Waals surface area contributed by atoms with Crippen molar-refractivity contribution in [3.05, 3.63) is 58.4 Å². The van der Waals surface area contributed by atoms with Crippen LogP contribution in [0.5, 0.6) is 11.5 Å². The molecule has 0 N–H and O–H groups in total. The predicted octanol–water partition coefficient (Wildman–Crippen LogP) is 4.97. The number of amides is 1. The normalized spacial score (nSPS) is 17.5. The van der Waals surface area contributed by atoms with Crippen LogP contribution in [0.1, 0.15) is 30.5 Å². The second-order valence-electron chi connectivity index (χ2n) is 6.86. The Morgan fingerprint density at radius 2 is 1.87 bits per heavy atom. The Morgan fingerprint density at radius 3 is 2.50 bits per heavy atom. The fraction of sp³-hybridized carbons (Fsp3) is 0.381. The topological polar surface area (TPSA) is 48.0 Å². The molecule has 5 nitrogen and oxygen atoms in total. The van der Waals surface area contributed by atoms with E-state index in [2.05, 4.69) is 4.74 Å². The van der Waals surface area contributed by atoms with Crippen LogP contribution in [-0.2, 0) is 16.1 Å². The summed E-state index contributed by atoms with van der Waals surface area (Å²) >= 11 is 6.27. The Labute approximate surface area is 177 Å². The van der Waals surface area contributed by atoms with Gasteiger partial charge in [-0.05, 0) is 48.9 Å². The molecule has 1 amide bonds. The van der Waals surface area contributed by atoms with Gasteiger partial charge in [0.15, 0.2) is 0 Å². The standard InChI is InChI=1S/C21H21ClF3NO4/c1-12(26-10-16(9-20(26)27)30-21(24)25)17-7-13(23)8-19(22)18(17)11-29-15-5-3-14(28-2)4-6-15/h3-8,12,16,21H,9-11H2,1-2H3/t12-,16?/m0/s1. The van der Waals surface area contributed by atoms with Gasteiger partial charge in [-0.15, -0.1) is 0 Å². The number of likely N-dealkylation sites (tertiary alicyclic amines) is 1. The molecule has 1 saturated heterocycles. The van der Waals surface area contributed by atoms with Crippen molar-refractivity contribution in [2.45, 2.75) is 38.7 Å². The van der Waals surface area contributed by atoms with Crippen molar-refractivity contribution in [3.8, 4) is 11.5 Å². The van der Waals surface area contributed by atoms with Gasteiger partial charge in [0, 0.05) is 12.1 Å². The van der Waals surface area contributed by atoms with Crippen LogP contribution in [0.4, 0.5) is 13.2 Å². The number of ether oxygens (including phenoxy) is 3. The maximum absolute atomic E-state index is 14.1. The monoisotopic (exact) mass is 443 g/mol. The lowest BCUT2D eigenvalue weighted by atomic mass is 10.0. The number of rotatable bonds is 8. The number of methoxy groups -OCH3 is 1. The zero-order chi connectivity index (χ0) is 21.8. The average molecular weight is 444 g/mol. The van der Waals surface area contributed by atoms with Gasteiger partial charge in [0.05, 0.1) is 30.7 Å². The van der Waals surface area contributed by atoms with Crippen LogP contribution < -0.4 is 9.47 Å². The quantitative estimate of drug-likeness (QED) is 0.578. The van der Waals surface area contributed by atoms with Crippen LogP contribution in [-0.4, -0.2) is 37.2 Å². The van der Waals surface area contributed by atoms with Gasteiger partial charge in [0.2, 0.25) is 5.91 Å². The molecule has 0 radical (unpaired) electrons. The number of alkyl halides is 2. The highest BCUT2D eigenvalue weighted by Crippen LogP contribution is 2.34. The maximum Gasteiger partial charge on any atom is 0.345 e. The van der Waals surface area contributed by atoms with E-state index >= 15 is 0 Å². The van der Waals surface area contributed by atoms with Crippen molar-refractivity contribution < 1.29 is 32.2 Å². The van der Waals surface area contributed by atoms with Crippen LogP contribution in [0.25, 0.3) is 0 Å². The van der Waals surface area contributed by atoms with Crippen molar-refractivity contribution in [1.82, 2.24) is 4.90 Å². The first kappa shape index (κ1) is 22.2. The molecule has 9 heteroatoms. The lowest BCUT2D eigenvalue weighted by Crippen LogP contribution is -2.30. The van der Waals surface area contributed by atoms with Gasteiger partial charge in [-0.2, -0.15) is 8.78 Å². The zero-order valence-corrected chi connectivity index (χ0v) is 17.2. The molecule has 1 aliphatic heterocycles. The SMILES string of the molecule is COc1ccc(OCc2c(Cl)cc(F)cc2[C@H](C)N2CC(OC(F)F)CC2=O)cc1. The summed E-state index contributed by atoms with van der Waals surface area (Å²) < 4.78 is 54.4. The summed E-state index contributed by atoms with van der Waals surface area (Å²) in [5.74, 6) is 0.305. The minimum atomic E-state index is -2.96. The smallest absolute Gasteiger partial charge is 0.345 e. The predicted molar refractivity (Wildman–Crippen MR) is 104 cm³/mol. The Bertz CT molecular complexity index is 895. The summed E-state index contributed by atoms with van der Waals surface area (Å²) in [6.07, 6.45) is -1.07. The maximum atomic E-state index is 14.1. The number of hydrogen-bond acceptors (Lipinski definition) is 4. The Morgan fingerprint density at radius 1 is 1.20 bits per heavy atom. The van der Waals surface area contributed by atoms with E-state index in [0.717, 1.165) is 0 Å². The molecule has 1 aliphatic rings. The molecule has 1 unspecified atom stereocenters. The molecule has 162 valence electrons. The third-order valence-corrected chi connectivity index (χ3v) is 5.31. The molecule has 0 saturated carbocycles. The van der Waals surface area contributed by atoms with E-state index in [9.17, 15) is 18.0 Å². The highest BCUT2D eigenvalue weighted by atomic mass is 35.5. The van der Waals surface area contributed by atoms with Crippen molar-refractivity contribution in [3.63, 3.8) is 0 Å². The molecule has 2 atom stereocenters. The Hall–Kier alpha value is -2.45. The number of nitrogens with zero attached hydrogens (tertiary/aromatic N) is 1. The summed E-state index contributed by atoms with van der Waals surface area (Å²) in [6, 6.07) is 8.74. The van der Waals surface area contributed by atoms with Crippen LogP contribution in [0.15, 0.2) is 36.4 Å². The van der Waals surface area contributed by atoms with E-state index in [4.69, 9.17) is 21.1 Å². The molecule has 1 fully saturated rings. The molecule has 30 heavy (non-hydrogen) atoms. The third kappa shape index (κ3) is 5.17. The lowest BCUT2D eigenvalue weighted by Gasteiger charge is -2.27. The second-order valence-corrected chi connectivity index (χ2v) is 7.27. The summed E-state index contributed by atoms with van der Waals surface area (Å²) in [4.78, 5) is 13.7. The van der Waals surface area contributed by atoms with Gasteiger partial charge in [-0.1, -0.05) is 11.6 Å². The van der Waals surface area contributed by atoms with Crippen LogP contribution in [0.2, 0.25) is 5.02 Å². The van der Waals surface area contributed by atoms with E-state index in [-0.39, 0.29) is 30.5 Å². The number of benzene rings is 2. The van der Waals surface area contributed by atoms with Crippen molar-refractivity contribution in [2.75, 3.05) is 13.7 Å². The summed E-state index contributed by atoms with van der Waals surface area (Å²) in [5.41, 5.74) is 0.951. The van der Waals surface area contributed by atoms with Crippen molar-refractivity contribution in [2.24, 2.45) is 0 Å². The fourth-order valence-electron chi connectivity index (χ4n) is 3.45. The molecule has 2 aromatic carbocycles. The summed E-state index contributed by atoms with van der Waals surface area (Å²) in [6.45, 7) is -1.26. The lowest BCUT2D eigenvalue weighted by molar-refractivity contribution is -0.159. The average Bonchev–Trinajstić information content (AvgIpc) is 3.05. The van der Waals surface area contributed by atoms with Crippen LogP contribution >= 0.6 is 11.6 Å². The molecule has 1 heterocycles. The Kier molecular flexibility index (Phi) is 7.10. The Balaban J connectivity index is 1.80. The van der Waals surface area contributed by atoms with E-state index in [1.165, 1.54) is 17.0 Å². The number of hydrogen-bond donors (Lipinski definition) is 0. The second kappa shape index (κ2) is 9.57. The molecule has 0 aliphatic carbocycles. The van der Waals surface area contributed by atoms with E-state index < -0.39 is 24.6 Å². The molecule has 0 bridgehead atoms. The first-order valence-electron chi connectivity index (χ1n) is 9.26. The van der Waals surface area contributed by atoms with Gasteiger partial charge in [0.25, 0.3) is 0 Å². The van der Waals surface area contributed by atoms with Gasteiger partial charge >= 0.3 is 6.61 Å². The van der Waals surface area contributed by atoms with Crippen LogP contribution in [0.3, 0.4) is 0 Å². The third-order valence-electron chi connectivity index (χ3n) is 4.97.